The van der Waals surface area contributed by atoms with Crippen molar-refractivity contribution in [2.24, 2.45) is 4.99 Å². The molecule has 0 aliphatic rings. The van der Waals surface area contributed by atoms with E-state index in [1.165, 1.54) is 5.56 Å². The van der Waals surface area contributed by atoms with Crippen LogP contribution in [0.3, 0.4) is 0 Å². The molecule has 0 spiro atoms. The lowest BCUT2D eigenvalue weighted by Crippen LogP contribution is -2.38. The van der Waals surface area contributed by atoms with Crippen molar-refractivity contribution in [2.75, 3.05) is 20.1 Å². The van der Waals surface area contributed by atoms with Gasteiger partial charge in [-0.05, 0) is 38.8 Å². The predicted molar refractivity (Wildman–Crippen MR) is 97.0 cm³/mol. The molecule has 0 saturated carbocycles. The first-order valence-corrected chi connectivity index (χ1v) is 8.78. The molecule has 0 atom stereocenters. The van der Waals surface area contributed by atoms with E-state index in [1.807, 2.05) is 33.2 Å². The number of nitrogens with one attached hydrogen (secondary N) is 1. The summed E-state index contributed by atoms with van der Waals surface area (Å²) in [6, 6.07) is 4.16. The van der Waals surface area contributed by atoms with Gasteiger partial charge in [0, 0.05) is 37.4 Å². The molecule has 0 aliphatic heterocycles. The lowest BCUT2D eigenvalue weighted by Gasteiger charge is -2.21. The summed E-state index contributed by atoms with van der Waals surface area (Å²) in [4.78, 5) is 15.7. The molecule has 0 bridgehead atoms. The monoisotopic (exact) mass is 331 g/mol. The lowest BCUT2D eigenvalue weighted by atomic mass is 10.2. The molecule has 2 aromatic heterocycles. The van der Waals surface area contributed by atoms with Gasteiger partial charge in [0.25, 0.3) is 0 Å². The number of hydrogen-bond donors (Lipinski definition) is 1. The summed E-state index contributed by atoms with van der Waals surface area (Å²) in [5, 5.41) is 6.54. The molecule has 0 amide bonds. The van der Waals surface area contributed by atoms with Crippen LogP contribution in [-0.2, 0) is 13.0 Å². The molecule has 0 radical (unpaired) electrons. The molecule has 2 rings (SSSR count). The zero-order valence-electron chi connectivity index (χ0n) is 14.3. The summed E-state index contributed by atoms with van der Waals surface area (Å²) in [6.07, 6.45) is 2.82. The van der Waals surface area contributed by atoms with Gasteiger partial charge in [-0.1, -0.05) is 6.07 Å². The average molecular weight is 331 g/mol. The minimum atomic E-state index is 0.744. The molecule has 23 heavy (non-hydrogen) atoms. The van der Waals surface area contributed by atoms with Crippen LogP contribution in [0.5, 0.6) is 0 Å². The molecular weight excluding hydrogens is 306 g/mol. The Labute approximate surface area is 142 Å². The predicted octanol–water partition coefficient (Wildman–Crippen LogP) is 2.79. The Kier molecular flexibility index (Phi) is 6.52. The van der Waals surface area contributed by atoms with Crippen LogP contribution < -0.4 is 5.32 Å². The third-order valence-electron chi connectivity index (χ3n) is 3.40. The lowest BCUT2D eigenvalue weighted by molar-refractivity contribution is 0.471. The van der Waals surface area contributed by atoms with Crippen LogP contribution in [0.1, 0.15) is 28.9 Å². The highest BCUT2D eigenvalue weighted by atomic mass is 32.1. The number of thiazole rings is 1. The maximum atomic E-state index is 4.71. The molecule has 0 unspecified atom stereocenters. The summed E-state index contributed by atoms with van der Waals surface area (Å²) in [6.45, 7) is 8.48. The van der Waals surface area contributed by atoms with Crippen molar-refractivity contribution in [1.82, 2.24) is 20.2 Å². The second kappa shape index (κ2) is 8.62. The molecule has 6 heteroatoms. The third-order valence-corrected chi connectivity index (χ3v) is 4.22. The topological polar surface area (TPSA) is 53.4 Å². The summed E-state index contributed by atoms with van der Waals surface area (Å²) >= 11 is 1.68. The van der Waals surface area contributed by atoms with Crippen molar-refractivity contribution >= 4 is 17.3 Å². The van der Waals surface area contributed by atoms with Crippen LogP contribution >= 0.6 is 11.3 Å². The maximum Gasteiger partial charge on any atom is 0.194 e. The maximum absolute atomic E-state index is 4.71. The van der Waals surface area contributed by atoms with Gasteiger partial charge in [0.05, 0.1) is 17.2 Å². The average Bonchev–Trinajstić information content (AvgIpc) is 2.93. The second-order valence-electron chi connectivity index (χ2n) is 5.51. The van der Waals surface area contributed by atoms with Gasteiger partial charge in [-0.25, -0.2) is 4.98 Å². The molecule has 0 saturated heterocycles. The van der Waals surface area contributed by atoms with Gasteiger partial charge in [0.1, 0.15) is 0 Å². The van der Waals surface area contributed by atoms with Crippen LogP contribution in [0.4, 0.5) is 0 Å². The molecule has 1 N–H and O–H groups in total. The van der Waals surface area contributed by atoms with Crippen LogP contribution in [0.15, 0.2) is 28.7 Å². The molecule has 2 heterocycles. The Hall–Kier alpha value is -1.95. The Morgan fingerprint density at radius 1 is 1.35 bits per heavy atom. The highest BCUT2D eigenvalue weighted by Gasteiger charge is 2.08. The van der Waals surface area contributed by atoms with Gasteiger partial charge in [-0.15, -0.1) is 11.3 Å². The minimum Gasteiger partial charge on any atom is -0.357 e. The van der Waals surface area contributed by atoms with E-state index in [4.69, 9.17) is 4.99 Å². The normalized spacial score (nSPS) is 11.6. The number of guanidine groups is 1. The molecule has 2 aromatic rings. The van der Waals surface area contributed by atoms with Gasteiger partial charge in [-0.2, -0.15) is 0 Å². The Morgan fingerprint density at radius 2 is 2.17 bits per heavy atom. The Balaban J connectivity index is 1.94. The van der Waals surface area contributed by atoms with Gasteiger partial charge in [0.2, 0.25) is 0 Å². The van der Waals surface area contributed by atoms with Crippen molar-refractivity contribution in [1.29, 1.82) is 0 Å². The number of aliphatic imine (C=N–C) groups is 1. The fourth-order valence-corrected chi connectivity index (χ4v) is 2.81. The molecule has 0 aliphatic carbocycles. The molecule has 124 valence electrons. The van der Waals surface area contributed by atoms with Crippen molar-refractivity contribution in [3.8, 4) is 0 Å². The summed E-state index contributed by atoms with van der Waals surface area (Å²) in [7, 11) is 2.05. The SMILES string of the molecule is CCNC(=NCCc1ccc(C)nc1)N(C)Cc1csc(C)n1. The van der Waals surface area contributed by atoms with Crippen molar-refractivity contribution < 1.29 is 0 Å². The van der Waals surface area contributed by atoms with E-state index in [-0.39, 0.29) is 0 Å². The Bertz CT molecular complexity index is 633. The Morgan fingerprint density at radius 3 is 2.78 bits per heavy atom. The number of pyridine rings is 1. The second-order valence-corrected chi connectivity index (χ2v) is 6.57. The van der Waals surface area contributed by atoms with Crippen molar-refractivity contribution in [3.63, 3.8) is 0 Å². The molecular formula is C17H25N5S. The van der Waals surface area contributed by atoms with E-state index in [0.717, 1.165) is 48.4 Å². The first-order valence-electron chi connectivity index (χ1n) is 7.90. The fraction of sp³-hybridized carbons (Fsp3) is 0.471. The first-order chi connectivity index (χ1) is 11.1. The smallest absolute Gasteiger partial charge is 0.194 e. The highest BCUT2D eigenvalue weighted by molar-refractivity contribution is 7.09. The van der Waals surface area contributed by atoms with E-state index in [1.54, 1.807) is 11.3 Å². The first kappa shape index (κ1) is 17.4. The van der Waals surface area contributed by atoms with Crippen molar-refractivity contribution in [2.45, 2.75) is 33.7 Å². The minimum absolute atomic E-state index is 0.744. The molecule has 5 nitrogen and oxygen atoms in total. The number of aryl methyl sites for hydroxylation is 2. The number of aromatic nitrogens is 2. The summed E-state index contributed by atoms with van der Waals surface area (Å²) in [5.41, 5.74) is 3.35. The van der Waals surface area contributed by atoms with E-state index < -0.39 is 0 Å². The zero-order chi connectivity index (χ0) is 16.7. The van der Waals surface area contributed by atoms with Crippen LogP contribution in [-0.4, -0.2) is 41.0 Å². The van der Waals surface area contributed by atoms with Gasteiger partial charge in [-0.3, -0.25) is 9.98 Å². The van der Waals surface area contributed by atoms with Gasteiger partial charge < -0.3 is 10.2 Å². The van der Waals surface area contributed by atoms with Crippen LogP contribution in [0.25, 0.3) is 0 Å². The van der Waals surface area contributed by atoms with Crippen LogP contribution in [0.2, 0.25) is 0 Å². The van der Waals surface area contributed by atoms with E-state index in [2.05, 4.69) is 38.6 Å². The van der Waals surface area contributed by atoms with E-state index >= 15 is 0 Å². The zero-order valence-corrected chi connectivity index (χ0v) is 15.2. The largest absolute Gasteiger partial charge is 0.357 e. The summed E-state index contributed by atoms with van der Waals surface area (Å²) in [5.74, 6) is 0.915. The molecule has 0 aromatic carbocycles. The fourth-order valence-electron chi connectivity index (χ4n) is 2.21. The number of rotatable bonds is 6. The van der Waals surface area contributed by atoms with Crippen LogP contribution in [0, 0.1) is 13.8 Å². The quantitative estimate of drug-likeness (QED) is 0.653. The van der Waals surface area contributed by atoms with Gasteiger partial charge >= 0.3 is 0 Å². The third kappa shape index (κ3) is 5.63. The number of hydrogen-bond acceptors (Lipinski definition) is 4. The van der Waals surface area contributed by atoms with E-state index in [9.17, 15) is 0 Å². The number of nitrogens with zero attached hydrogens (tertiary/aromatic N) is 4. The highest BCUT2D eigenvalue weighted by Crippen LogP contribution is 2.10. The standard InChI is InChI=1S/C17H25N5S/c1-5-18-17(22(4)11-16-12-23-14(3)21-16)19-9-8-15-7-6-13(2)20-10-15/h6-7,10,12H,5,8-9,11H2,1-4H3,(H,18,19). The summed E-state index contributed by atoms with van der Waals surface area (Å²) < 4.78 is 0. The molecule has 0 fully saturated rings. The van der Waals surface area contributed by atoms with Crippen molar-refractivity contribution in [3.05, 3.63) is 45.7 Å². The van der Waals surface area contributed by atoms with Gasteiger partial charge in [0.15, 0.2) is 5.96 Å². The van der Waals surface area contributed by atoms with E-state index in [0.29, 0.717) is 0 Å².